The van der Waals surface area contributed by atoms with E-state index in [1.54, 1.807) is 24.3 Å². The molecule has 1 fully saturated rings. The summed E-state index contributed by atoms with van der Waals surface area (Å²) in [6.07, 6.45) is 0. The smallest absolute Gasteiger partial charge is 0.253 e. The standard InChI is InChI=1S/C18H22ClN5O/c1-3-20-18-21-13(2)12-16(22-18)23-8-10-24(11-9-23)17(25)14-4-6-15(19)7-5-14/h4-7,12H,3,8-11H2,1-2H3,(H,20,21,22). The van der Waals surface area contributed by atoms with Crippen molar-refractivity contribution in [3.05, 3.63) is 46.6 Å². The van der Waals surface area contributed by atoms with E-state index in [4.69, 9.17) is 11.6 Å². The Hall–Kier alpha value is -2.34. The maximum Gasteiger partial charge on any atom is 0.253 e. The lowest BCUT2D eigenvalue weighted by Gasteiger charge is -2.35. The molecule has 1 aliphatic rings. The highest BCUT2D eigenvalue weighted by Crippen LogP contribution is 2.18. The SMILES string of the molecule is CCNc1nc(C)cc(N2CCN(C(=O)c3ccc(Cl)cc3)CC2)n1. The molecule has 0 saturated carbocycles. The van der Waals surface area contributed by atoms with Gasteiger partial charge in [0.05, 0.1) is 0 Å². The summed E-state index contributed by atoms with van der Waals surface area (Å²) in [5.41, 5.74) is 1.60. The minimum atomic E-state index is 0.0449. The fourth-order valence-corrected chi connectivity index (χ4v) is 2.99. The van der Waals surface area contributed by atoms with Gasteiger partial charge < -0.3 is 15.1 Å². The van der Waals surface area contributed by atoms with Gasteiger partial charge in [0.15, 0.2) is 0 Å². The molecule has 3 rings (SSSR count). The molecule has 1 aromatic heterocycles. The van der Waals surface area contributed by atoms with Crippen molar-refractivity contribution in [3.8, 4) is 0 Å². The van der Waals surface area contributed by atoms with Crippen LogP contribution in [0.2, 0.25) is 5.02 Å². The normalized spacial score (nSPS) is 14.5. The van der Waals surface area contributed by atoms with E-state index >= 15 is 0 Å². The summed E-state index contributed by atoms with van der Waals surface area (Å²) in [6, 6.07) is 9.02. The molecule has 1 N–H and O–H groups in total. The molecule has 1 amide bonds. The van der Waals surface area contributed by atoms with E-state index in [1.165, 1.54) is 0 Å². The van der Waals surface area contributed by atoms with Crippen LogP contribution in [0.4, 0.5) is 11.8 Å². The third-order valence-corrected chi connectivity index (χ3v) is 4.41. The van der Waals surface area contributed by atoms with Crippen LogP contribution < -0.4 is 10.2 Å². The second-order valence-electron chi connectivity index (χ2n) is 6.01. The summed E-state index contributed by atoms with van der Waals surface area (Å²) in [5.74, 6) is 1.60. The molecule has 2 heterocycles. The Bertz CT molecular complexity index is 742. The predicted octanol–water partition coefficient (Wildman–Crippen LogP) is 2.83. The van der Waals surface area contributed by atoms with Gasteiger partial charge in [-0.1, -0.05) is 11.6 Å². The highest BCUT2D eigenvalue weighted by atomic mass is 35.5. The first-order valence-electron chi connectivity index (χ1n) is 8.46. The van der Waals surface area contributed by atoms with Gasteiger partial charge in [-0.25, -0.2) is 4.98 Å². The van der Waals surface area contributed by atoms with E-state index in [0.717, 1.165) is 31.1 Å². The van der Waals surface area contributed by atoms with Gasteiger partial charge in [0.25, 0.3) is 5.91 Å². The number of carbonyl (C=O) groups is 1. The Kier molecular flexibility index (Phi) is 5.38. The van der Waals surface area contributed by atoms with Crippen LogP contribution >= 0.6 is 11.6 Å². The number of nitrogens with zero attached hydrogens (tertiary/aromatic N) is 4. The van der Waals surface area contributed by atoms with Crippen molar-refractivity contribution in [2.24, 2.45) is 0 Å². The van der Waals surface area contributed by atoms with Gasteiger partial charge in [-0.2, -0.15) is 4.98 Å². The number of rotatable bonds is 4. The third-order valence-electron chi connectivity index (χ3n) is 4.16. The molecule has 0 aliphatic carbocycles. The molecule has 0 radical (unpaired) electrons. The van der Waals surface area contributed by atoms with E-state index < -0.39 is 0 Å². The van der Waals surface area contributed by atoms with Crippen LogP contribution in [0.1, 0.15) is 23.0 Å². The molecule has 0 unspecified atom stereocenters. The third kappa shape index (κ3) is 4.20. The largest absolute Gasteiger partial charge is 0.354 e. The number of halogens is 1. The number of hydrogen-bond acceptors (Lipinski definition) is 5. The maximum absolute atomic E-state index is 12.6. The summed E-state index contributed by atoms with van der Waals surface area (Å²) in [4.78, 5) is 25.6. The van der Waals surface area contributed by atoms with E-state index in [1.807, 2.05) is 24.8 Å². The summed E-state index contributed by atoms with van der Waals surface area (Å²) in [7, 11) is 0. The molecule has 6 nitrogen and oxygen atoms in total. The van der Waals surface area contributed by atoms with Gasteiger partial charge in [-0.3, -0.25) is 4.79 Å². The number of piperazine rings is 1. The summed E-state index contributed by atoms with van der Waals surface area (Å²) < 4.78 is 0. The zero-order valence-electron chi connectivity index (χ0n) is 14.5. The lowest BCUT2D eigenvalue weighted by atomic mass is 10.2. The van der Waals surface area contributed by atoms with Crippen molar-refractivity contribution in [1.82, 2.24) is 14.9 Å². The molecule has 7 heteroatoms. The Morgan fingerprint density at radius 2 is 1.84 bits per heavy atom. The molecule has 132 valence electrons. The number of amides is 1. The minimum absolute atomic E-state index is 0.0449. The van der Waals surface area contributed by atoms with E-state index in [2.05, 4.69) is 20.2 Å². The lowest BCUT2D eigenvalue weighted by Crippen LogP contribution is -2.49. The number of anilines is 2. The van der Waals surface area contributed by atoms with Crippen LogP contribution in [0.15, 0.2) is 30.3 Å². The number of carbonyl (C=O) groups excluding carboxylic acids is 1. The molecule has 25 heavy (non-hydrogen) atoms. The van der Waals surface area contributed by atoms with Gasteiger partial charge in [0, 0.05) is 55.1 Å². The fraction of sp³-hybridized carbons (Fsp3) is 0.389. The average Bonchev–Trinajstić information content (AvgIpc) is 2.62. The fourth-order valence-electron chi connectivity index (χ4n) is 2.86. The van der Waals surface area contributed by atoms with Gasteiger partial charge in [0.2, 0.25) is 5.95 Å². The van der Waals surface area contributed by atoms with Crippen molar-refractivity contribution in [1.29, 1.82) is 0 Å². The van der Waals surface area contributed by atoms with E-state index in [0.29, 0.717) is 29.6 Å². The van der Waals surface area contributed by atoms with Crippen molar-refractivity contribution in [2.75, 3.05) is 42.9 Å². The Balaban J connectivity index is 1.65. The Morgan fingerprint density at radius 3 is 2.48 bits per heavy atom. The minimum Gasteiger partial charge on any atom is -0.354 e. The highest BCUT2D eigenvalue weighted by Gasteiger charge is 2.23. The Morgan fingerprint density at radius 1 is 1.16 bits per heavy atom. The predicted molar refractivity (Wildman–Crippen MR) is 101 cm³/mol. The monoisotopic (exact) mass is 359 g/mol. The lowest BCUT2D eigenvalue weighted by molar-refractivity contribution is 0.0746. The second kappa shape index (κ2) is 7.70. The first-order valence-corrected chi connectivity index (χ1v) is 8.84. The molecule has 1 saturated heterocycles. The number of aromatic nitrogens is 2. The highest BCUT2D eigenvalue weighted by molar-refractivity contribution is 6.30. The van der Waals surface area contributed by atoms with Crippen molar-refractivity contribution in [3.63, 3.8) is 0 Å². The second-order valence-corrected chi connectivity index (χ2v) is 6.44. The summed E-state index contributed by atoms with van der Waals surface area (Å²) in [5, 5.41) is 3.79. The summed E-state index contributed by atoms with van der Waals surface area (Å²) in [6.45, 7) is 7.61. The molecular weight excluding hydrogens is 338 g/mol. The van der Waals surface area contributed by atoms with Crippen molar-refractivity contribution in [2.45, 2.75) is 13.8 Å². The Labute approximate surface area is 152 Å². The molecule has 0 atom stereocenters. The van der Waals surface area contributed by atoms with Gasteiger partial charge >= 0.3 is 0 Å². The van der Waals surface area contributed by atoms with Crippen LogP contribution in [-0.2, 0) is 0 Å². The van der Waals surface area contributed by atoms with Gasteiger partial charge in [0.1, 0.15) is 5.82 Å². The van der Waals surface area contributed by atoms with Crippen LogP contribution in [0.5, 0.6) is 0 Å². The maximum atomic E-state index is 12.6. The molecule has 0 bridgehead atoms. The number of hydrogen-bond donors (Lipinski definition) is 1. The average molecular weight is 360 g/mol. The van der Waals surface area contributed by atoms with E-state index in [9.17, 15) is 4.79 Å². The zero-order valence-corrected chi connectivity index (χ0v) is 15.3. The first kappa shape index (κ1) is 17.5. The number of aryl methyl sites for hydroxylation is 1. The molecule has 1 aromatic carbocycles. The van der Waals surface area contributed by atoms with Gasteiger partial charge in [-0.05, 0) is 38.1 Å². The van der Waals surface area contributed by atoms with Crippen LogP contribution in [0.25, 0.3) is 0 Å². The van der Waals surface area contributed by atoms with Gasteiger partial charge in [-0.15, -0.1) is 0 Å². The number of nitrogens with one attached hydrogen (secondary N) is 1. The summed E-state index contributed by atoms with van der Waals surface area (Å²) >= 11 is 5.89. The molecular formula is C18H22ClN5O. The topological polar surface area (TPSA) is 61.4 Å². The van der Waals surface area contributed by atoms with Crippen LogP contribution in [0.3, 0.4) is 0 Å². The molecule has 2 aromatic rings. The van der Waals surface area contributed by atoms with E-state index in [-0.39, 0.29) is 5.91 Å². The molecule has 1 aliphatic heterocycles. The van der Waals surface area contributed by atoms with Crippen molar-refractivity contribution < 1.29 is 4.79 Å². The number of benzene rings is 1. The first-order chi connectivity index (χ1) is 12.1. The van der Waals surface area contributed by atoms with Crippen LogP contribution in [0, 0.1) is 6.92 Å². The van der Waals surface area contributed by atoms with Crippen molar-refractivity contribution >= 4 is 29.3 Å². The zero-order chi connectivity index (χ0) is 17.8. The van der Waals surface area contributed by atoms with Crippen LogP contribution in [-0.4, -0.2) is 53.5 Å². The molecule has 0 spiro atoms. The quantitative estimate of drug-likeness (QED) is 0.909.